The highest BCUT2D eigenvalue weighted by molar-refractivity contribution is 6.30. The van der Waals surface area contributed by atoms with Crippen LogP contribution >= 0.6 is 11.6 Å². The van der Waals surface area contributed by atoms with Crippen LogP contribution in [0.3, 0.4) is 0 Å². The lowest BCUT2D eigenvalue weighted by Crippen LogP contribution is -2.57. The standard InChI is InChI=1S/C25H25ClFN5O3/c1-14-10-11-15(2)32(23(14)25(35)29-12-16-6-5-8-18(26)21(16)27)20(33)13-31-19-9-4-3-7-17(19)22(30-31)24(28)34/h3-11,14-15,23H,12-13H2,1-2H3,(H2,28,34)(H,29,35)/t14?,15-,23+/m0/s1. The zero-order valence-electron chi connectivity index (χ0n) is 19.2. The van der Waals surface area contributed by atoms with Gasteiger partial charge in [-0.2, -0.15) is 5.10 Å². The Bertz CT molecular complexity index is 1340. The number of hydrogen-bond donors (Lipinski definition) is 2. The summed E-state index contributed by atoms with van der Waals surface area (Å²) >= 11 is 5.84. The lowest BCUT2D eigenvalue weighted by Gasteiger charge is -2.40. The first-order valence-electron chi connectivity index (χ1n) is 11.1. The summed E-state index contributed by atoms with van der Waals surface area (Å²) in [5, 5.41) is 7.51. The molecule has 0 bridgehead atoms. The fraction of sp³-hybridized carbons (Fsp3) is 0.280. The third-order valence-corrected chi connectivity index (χ3v) is 6.44. The fourth-order valence-corrected chi connectivity index (χ4v) is 4.59. The van der Waals surface area contributed by atoms with Crippen LogP contribution < -0.4 is 11.1 Å². The van der Waals surface area contributed by atoms with E-state index in [2.05, 4.69) is 10.4 Å². The predicted octanol–water partition coefficient (Wildman–Crippen LogP) is 3.04. The van der Waals surface area contributed by atoms with E-state index >= 15 is 0 Å². The highest BCUT2D eigenvalue weighted by Gasteiger charge is 2.38. The predicted molar refractivity (Wildman–Crippen MR) is 130 cm³/mol. The number of primary amides is 1. The Morgan fingerprint density at radius 1 is 1.11 bits per heavy atom. The average molecular weight is 498 g/mol. The van der Waals surface area contributed by atoms with E-state index in [0.717, 1.165) is 0 Å². The number of benzene rings is 2. The molecule has 0 radical (unpaired) electrons. The summed E-state index contributed by atoms with van der Waals surface area (Å²) in [5.41, 5.74) is 6.37. The quantitative estimate of drug-likeness (QED) is 0.510. The van der Waals surface area contributed by atoms with Crippen molar-refractivity contribution >= 4 is 40.2 Å². The van der Waals surface area contributed by atoms with Crippen molar-refractivity contribution in [3.63, 3.8) is 0 Å². The maximum absolute atomic E-state index is 14.3. The molecule has 1 aromatic heterocycles. The molecule has 1 aliphatic heterocycles. The minimum Gasteiger partial charge on any atom is -0.364 e. The lowest BCUT2D eigenvalue weighted by molar-refractivity contribution is -0.144. The van der Waals surface area contributed by atoms with E-state index in [0.29, 0.717) is 10.9 Å². The van der Waals surface area contributed by atoms with E-state index in [-0.39, 0.29) is 47.2 Å². The minimum atomic E-state index is -0.817. The Morgan fingerprint density at radius 3 is 2.60 bits per heavy atom. The zero-order chi connectivity index (χ0) is 25.3. The first-order valence-corrected chi connectivity index (χ1v) is 11.5. The van der Waals surface area contributed by atoms with Crippen molar-refractivity contribution in [1.29, 1.82) is 0 Å². The van der Waals surface area contributed by atoms with Crippen molar-refractivity contribution in [1.82, 2.24) is 20.0 Å². The molecule has 1 unspecified atom stereocenters. The molecule has 3 aromatic rings. The van der Waals surface area contributed by atoms with Gasteiger partial charge in [-0.15, -0.1) is 0 Å². The molecule has 1 aliphatic rings. The molecule has 35 heavy (non-hydrogen) atoms. The number of nitrogens with zero attached hydrogens (tertiary/aromatic N) is 3. The van der Waals surface area contributed by atoms with Crippen molar-refractivity contribution < 1.29 is 18.8 Å². The summed E-state index contributed by atoms with van der Waals surface area (Å²) in [6.07, 6.45) is 3.74. The normalized spacial score (nSPS) is 19.7. The maximum atomic E-state index is 14.3. The molecule has 8 nitrogen and oxygen atoms in total. The number of rotatable bonds is 6. The van der Waals surface area contributed by atoms with Gasteiger partial charge in [-0.1, -0.05) is 61.0 Å². The van der Waals surface area contributed by atoms with Crippen LogP contribution in [0.5, 0.6) is 0 Å². The topological polar surface area (TPSA) is 110 Å². The molecular formula is C25H25ClFN5O3. The van der Waals surface area contributed by atoms with E-state index in [1.807, 2.05) is 26.0 Å². The van der Waals surface area contributed by atoms with Crippen molar-refractivity contribution in [2.45, 2.75) is 39.0 Å². The third kappa shape index (κ3) is 4.77. The summed E-state index contributed by atoms with van der Waals surface area (Å²) in [6.45, 7) is 3.39. The third-order valence-electron chi connectivity index (χ3n) is 6.15. The molecular weight excluding hydrogens is 473 g/mol. The van der Waals surface area contributed by atoms with E-state index in [4.69, 9.17) is 17.3 Å². The summed E-state index contributed by atoms with van der Waals surface area (Å²) in [5.74, 6) is -2.34. The second-order valence-electron chi connectivity index (χ2n) is 8.55. The van der Waals surface area contributed by atoms with E-state index in [1.165, 1.54) is 21.7 Å². The molecule has 0 saturated heterocycles. The number of halogens is 2. The molecule has 3 atom stereocenters. The molecule has 0 spiro atoms. The number of hydrogen-bond acceptors (Lipinski definition) is 4. The van der Waals surface area contributed by atoms with E-state index in [1.54, 1.807) is 30.3 Å². The largest absolute Gasteiger partial charge is 0.364 e. The molecule has 182 valence electrons. The Hall–Kier alpha value is -3.72. The van der Waals surface area contributed by atoms with Gasteiger partial charge in [0.25, 0.3) is 5.91 Å². The SMILES string of the molecule is CC1C=C[C@H](C)N(C(=O)Cn2nc(C(N)=O)c3ccccc32)[C@H]1C(=O)NCc1cccc(Cl)c1F. The Balaban J connectivity index is 1.58. The van der Waals surface area contributed by atoms with Crippen molar-refractivity contribution in [2.24, 2.45) is 11.7 Å². The Labute approximate surface area is 206 Å². The molecule has 4 rings (SSSR count). The van der Waals surface area contributed by atoms with Crippen LogP contribution in [-0.2, 0) is 22.7 Å². The number of para-hydroxylation sites is 1. The van der Waals surface area contributed by atoms with Gasteiger partial charge in [-0.3, -0.25) is 19.1 Å². The summed E-state index contributed by atoms with van der Waals surface area (Å²) < 4.78 is 15.7. The summed E-state index contributed by atoms with van der Waals surface area (Å²) in [4.78, 5) is 40.0. The molecule has 10 heteroatoms. The van der Waals surface area contributed by atoms with Gasteiger partial charge in [0.15, 0.2) is 5.69 Å². The molecule has 2 heterocycles. The number of nitrogens with one attached hydrogen (secondary N) is 1. The number of fused-ring (bicyclic) bond motifs is 1. The van der Waals surface area contributed by atoms with E-state index in [9.17, 15) is 18.8 Å². The average Bonchev–Trinajstić information content (AvgIpc) is 3.19. The highest BCUT2D eigenvalue weighted by Crippen LogP contribution is 2.25. The Morgan fingerprint density at radius 2 is 1.86 bits per heavy atom. The lowest BCUT2D eigenvalue weighted by atomic mass is 9.92. The maximum Gasteiger partial charge on any atom is 0.269 e. The van der Waals surface area contributed by atoms with Crippen molar-refractivity contribution in [2.75, 3.05) is 0 Å². The van der Waals surface area contributed by atoms with Gasteiger partial charge in [0, 0.05) is 29.5 Å². The molecule has 0 fully saturated rings. The molecule has 0 aliphatic carbocycles. The van der Waals surface area contributed by atoms with Crippen LogP contribution in [0.1, 0.15) is 29.9 Å². The number of amides is 3. The van der Waals surface area contributed by atoms with Crippen molar-refractivity contribution in [3.8, 4) is 0 Å². The molecule has 3 N–H and O–H groups in total. The van der Waals surface area contributed by atoms with Gasteiger partial charge >= 0.3 is 0 Å². The van der Waals surface area contributed by atoms with Crippen LogP contribution in [0.4, 0.5) is 4.39 Å². The number of carbonyl (C=O) groups excluding carboxylic acids is 3. The van der Waals surface area contributed by atoms with Crippen LogP contribution in [0.25, 0.3) is 10.9 Å². The van der Waals surface area contributed by atoms with Crippen LogP contribution in [-0.4, -0.2) is 44.5 Å². The smallest absolute Gasteiger partial charge is 0.269 e. The molecule has 3 amide bonds. The van der Waals surface area contributed by atoms with Gasteiger partial charge < -0.3 is 16.0 Å². The van der Waals surface area contributed by atoms with Gasteiger partial charge in [-0.05, 0) is 19.1 Å². The monoisotopic (exact) mass is 497 g/mol. The zero-order valence-corrected chi connectivity index (χ0v) is 20.0. The minimum absolute atomic E-state index is 0.0297. The molecule has 2 aromatic carbocycles. The molecule has 0 saturated carbocycles. The number of aromatic nitrogens is 2. The van der Waals surface area contributed by atoms with Gasteiger partial charge in [-0.25, -0.2) is 4.39 Å². The number of nitrogens with two attached hydrogens (primary N) is 1. The van der Waals surface area contributed by atoms with E-state index < -0.39 is 23.7 Å². The highest BCUT2D eigenvalue weighted by atomic mass is 35.5. The van der Waals surface area contributed by atoms with Gasteiger partial charge in [0.05, 0.1) is 10.5 Å². The second-order valence-corrected chi connectivity index (χ2v) is 8.96. The second kappa shape index (κ2) is 9.87. The van der Waals surface area contributed by atoms with Gasteiger partial charge in [0.1, 0.15) is 18.4 Å². The van der Waals surface area contributed by atoms with Crippen LogP contribution in [0.15, 0.2) is 54.6 Å². The Kier molecular flexibility index (Phi) is 6.88. The van der Waals surface area contributed by atoms with Crippen LogP contribution in [0.2, 0.25) is 5.02 Å². The van der Waals surface area contributed by atoms with Gasteiger partial charge in [0.2, 0.25) is 11.8 Å². The number of carbonyl (C=O) groups is 3. The summed E-state index contributed by atoms with van der Waals surface area (Å²) in [6, 6.07) is 10.4. The van der Waals surface area contributed by atoms with Crippen LogP contribution in [0, 0.1) is 11.7 Å². The first kappa shape index (κ1) is 24.4. The summed E-state index contributed by atoms with van der Waals surface area (Å²) in [7, 11) is 0. The van der Waals surface area contributed by atoms with Crippen molar-refractivity contribution in [3.05, 3.63) is 76.7 Å². The fourth-order valence-electron chi connectivity index (χ4n) is 4.40. The first-order chi connectivity index (χ1) is 16.7.